The smallest absolute Gasteiger partial charge is 0.255 e. The van der Waals surface area contributed by atoms with Crippen molar-refractivity contribution in [3.63, 3.8) is 0 Å². The van der Waals surface area contributed by atoms with Crippen molar-refractivity contribution in [2.24, 2.45) is 0 Å². The Morgan fingerprint density at radius 3 is 2.89 bits per heavy atom. The fourth-order valence-electron chi connectivity index (χ4n) is 3.66. The number of nitrogens with zero attached hydrogens (tertiary/aromatic N) is 2. The highest BCUT2D eigenvalue weighted by Gasteiger charge is 2.20. The molecule has 3 aromatic rings. The van der Waals surface area contributed by atoms with Crippen molar-refractivity contribution in [3.8, 4) is 11.5 Å². The quantitative estimate of drug-likeness (QED) is 0.747. The SMILES string of the molecule is O=C(Nc1ccc2c(c1)OCO2)c1ccnc(N2CCCc3ccccc32)c1. The van der Waals surface area contributed by atoms with E-state index in [1.54, 1.807) is 30.5 Å². The summed E-state index contributed by atoms with van der Waals surface area (Å²) in [5.41, 5.74) is 3.70. The molecule has 5 rings (SSSR count). The first-order valence-electron chi connectivity index (χ1n) is 9.30. The number of hydrogen-bond acceptors (Lipinski definition) is 5. The molecule has 0 radical (unpaired) electrons. The van der Waals surface area contributed by atoms with E-state index < -0.39 is 0 Å². The Morgan fingerprint density at radius 2 is 1.93 bits per heavy atom. The summed E-state index contributed by atoms with van der Waals surface area (Å²) in [4.78, 5) is 19.5. The first kappa shape index (κ1) is 16.6. The second-order valence-electron chi connectivity index (χ2n) is 6.81. The van der Waals surface area contributed by atoms with Gasteiger partial charge in [-0.15, -0.1) is 0 Å². The average molecular weight is 373 g/mol. The van der Waals surface area contributed by atoms with Gasteiger partial charge in [0.1, 0.15) is 5.82 Å². The van der Waals surface area contributed by atoms with Crippen molar-refractivity contribution in [3.05, 3.63) is 71.9 Å². The van der Waals surface area contributed by atoms with Gasteiger partial charge < -0.3 is 19.7 Å². The van der Waals surface area contributed by atoms with E-state index in [9.17, 15) is 4.79 Å². The molecule has 6 nitrogen and oxygen atoms in total. The fourth-order valence-corrected chi connectivity index (χ4v) is 3.66. The molecular formula is C22H19N3O3. The second kappa shape index (κ2) is 6.88. The maximum Gasteiger partial charge on any atom is 0.255 e. The van der Waals surface area contributed by atoms with E-state index in [0.29, 0.717) is 22.7 Å². The minimum Gasteiger partial charge on any atom is -0.454 e. The third kappa shape index (κ3) is 3.03. The van der Waals surface area contributed by atoms with E-state index >= 15 is 0 Å². The number of anilines is 3. The molecule has 3 heterocycles. The van der Waals surface area contributed by atoms with Gasteiger partial charge in [-0.25, -0.2) is 4.98 Å². The van der Waals surface area contributed by atoms with Crippen LogP contribution in [0.2, 0.25) is 0 Å². The molecule has 140 valence electrons. The molecule has 0 aliphatic carbocycles. The number of ether oxygens (including phenoxy) is 2. The van der Waals surface area contributed by atoms with Crippen LogP contribution in [-0.4, -0.2) is 24.2 Å². The number of carbonyl (C=O) groups is 1. The molecule has 0 fully saturated rings. The van der Waals surface area contributed by atoms with Crippen molar-refractivity contribution < 1.29 is 14.3 Å². The molecule has 0 atom stereocenters. The van der Waals surface area contributed by atoms with Crippen LogP contribution in [-0.2, 0) is 6.42 Å². The number of aryl methyl sites for hydroxylation is 1. The minimum atomic E-state index is -0.187. The molecule has 0 spiro atoms. The molecule has 6 heteroatoms. The van der Waals surface area contributed by atoms with Crippen LogP contribution in [0.4, 0.5) is 17.2 Å². The Hall–Kier alpha value is -3.54. The number of amides is 1. The summed E-state index contributed by atoms with van der Waals surface area (Å²) < 4.78 is 10.7. The summed E-state index contributed by atoms with van der Waals surface area (Å²) in [5, 5.41) is 2.92. The number of fused-ring (bicyclic) bond motifs is 2. The highest BCUT2D eigenvalue weighted by molar-refractivity contribution is 6.04. The third-order valence-electron chi connectivity index (χ3n) is 5.02. The summed E-state index contributed by atoms with van der Waals surface area (Å²) in [6.07, 6.45) is 3.81. The number of carbonyl (C=O) groups excluding carboxylic acids is 1. The third-order valence-corrected chi connectivity index (χ3v) is 5.02. The molecule has 2 aliphatic rings. The second-order valence-corrected chi connectivity index (χ2v) is 6.81. The monoisotopic (exact) mass is 373 g/mol. The van der Waals surface area contributed by atoms with Crippen LogP contribution >= 0.6 is 0 Å². The lowest BCUT2D eigenvalue weighted by molar-refractivity contribution is 0.102. The van der Waals surface area contributed by atoms with E-state index in [-0.39, 0.29) is 12.7 Å². The Balaban J connectivity index is 1.39. The van der Waals surface area contributed by atoms with E-state index in [4.69, 9.17) is 9.47 Å². The molecule has 1 N–H and O–H groups in total. The molecular weight excluding hydrogens is 354 g/mol. The zero-order chi connectivity index (χ0) is 18.9. The summed E-state index contributed by atoms with van der Waals surface area (Å²) >= 11 is 0. The van der Waals surface area contributed by atoms with Gasteiger partial charge in [-0.05, 0) is 48.7 Å². The van der Waals surface area contributed by atoms with E-state index in [1.165, 1.54) is 5.56 Å². The lowest BCUT2D eigenvalue weighted by atomic mass is 10.0. The minimum absolute atomic E-state index is 0.187. The topological polar surface area (TPSA) is 63.7 Å². The van der Waals surface area contributed by atoms with Crippen LogP contribution in [0.5, 0.6) is 11.5 Å². The largest absolute Gasteiger partial charge is 0.454 e. The van der Waals surface area contributed by atoms with Crippen molar-refractivity contribution >= 4 is 23.1 Å². The van der Waals surface area contributed by atoms with Crippen LogP contribution in [0, 0.1) is 0 Å². The maximum absolute atomic E-state index is 12.8. The molecule has 2 aliphatic heterocycles. The number of aromatic nitrogens is 1. The van der Waals surface area contributed by atoms with E-state index in [2.05, 4.69) is 33.4 Å². The Bertz CT molecular complexity index is 1050. The lowest BCUT2D eigenvalue weighted by Gasteiger charge is -2.30. The predicted molar refractivity (Wildman–Crippen MR) is 107 cm³/mol. The number of pyridine rings is 1. The van der Waals surface area contributed by atoms with Crippen LogP contribution < -0.4 is 19.7 Å². The van der Waals surface area contributed by atoms with Gasteiger partial charge in [0.2, 0.25) is 6.79 Å². The van der Waals surface area contributed by atoms with Crippen LogP contribution in [0.3, 0.4) is 0 Å². The molecule has 28 heavy (non-hydrogen) atoms. The van der Waals surface area contributed by atoms with Gasteiger partial charge in [-0.3, -0.25) is 4.79 Å². The molecule has 0 saturated heterocycles. The molecule has 0 saturated carbocycles. The summed E-state index contributed by atoms with van der Waals surface area (Å²) in [6.45, 7) is 1.09. The number of para-hydroxylation sites is 1. The Labute approximate surface area is 162 Å². The Morgan fingerprint density at radius 1 is 1.04 bits per heavy atom. The zero-order valence-corrected chi connectivity index (χ0v) is 15.2. The summed E-state index contributed by atoms with van der Waals surface area (Å²) in [6, 6.07) is 17.3. The van der Waals surface area contributed by atoms with Gasteiger partial charge in [0.05, 0.1) is 0 Å². The standard InChI is InChI=1S/C22H19N3O3/c26-22(24-17-7-8-19-20(13-17)28-14-27-19)16-9-10-23-21(12-16)25-11-3-5-15-4-1-2-6-18(15)25/h1-2,4,6-10,12-13H,3,5,11,14H2,(H,24,26). The van der Waals surface area contributed by atoms with Crippen molar-refractivity contribution in [1.29, 1.82) is 0 Å². The number of benzene rings is 2. The molecule has 1 amide bonds. The first-order valence-corrected chi connectivity index (χ1v) is 9.30. The number of rotatable bonds is 3. The van der Waals surface area contributed by atoms with Gasteiger partial charge in [-0.1, -0.05) is 18.2 Å². The molecule has 1 aromatic heterocycles. The fraction of sp³-hybridized carbons (Fsp3) is 0.182. The van der Waals surface area contributed by atoms with Crippen LogP contribution in [0.1, 0.15) is 22.3 Å². The highest BCUT2D eigenvalue weighted by Crippen LogP contribution is 2.35. The van der Waals surface area contributed by atoms with Crippen molar-refractivity contribution in [1.82, 2.24) is 4.98 Å². The van der Waals surface area contributed by atoms with Crippen molar-refractivity contribution in [2.75, 3.05) is 23.6 Å². The summed E-state index contributed by atoms with van der Waals surface area (Å²) in [5.74, 6) is 1.92. The normalized spacial score (nSPS) is 14.5. The first-order chi connectivity index (χ1) is 13.8. The molecule has 0 bridgehead atoms. The van der Waals surface area contributed by atoms with Crippen molar-refractivity contribution in [2.45, 2.75) is 12.8 Å². The average Bonchev–Trinajstić information content (AvgIpc) is 3.21. The van der Waals surface area contributed by atoms with Crippen LogP contribution in [0.15, 0.2) is 60.8 Å². The van der Waals surface area contributed by atoms with E-state index in [1.807, 2.05) is 12.1 Å². The molecule has 0 unspecified atom stereocenters. The number of hydrogen-bond donors (Lipinski definition) is 1. The summed E-state index contributed by atoms with van der Waals surface area (Å²) in [7, 11) is 0. The van der Waals surface area contributed by atoms with Gasteiger partial charge in [-0.2, -0.15) is 0 Å². The highest BCUT2D eigenvalue weighted by atomic mass is 16.7. The Kier molecular flexibility index (Phi) is 4.09. The van der Waals surface area contributed by atoms with Crippen LogP contribution in [0.25, 0.3) is 0 Å². The van der Waals surface area contributed by atoms with E-state index in [0.717, 1.165) is 30.9 Å². The van der Waals surface area contributed by atoms with Gasteiger partial charge in [0.15, 0.2) is 11.5 Å². The van der Waals surface area contributed by atoms with Gasteiger partial charge >= 0.3 is 0 Å². The maximum atomic E-state index is 12.8. The molecule has 2 aromatic carbocycles. The van der Waals surface area contributed by atoms with Gasteiger partial charge in [0.25, 0.3) is 5.91 Å². The number of nitrogens with one attached hydrogen (secondary N) is 1. The zero-order valence-electron chi connectivity index (χ0n) is 15.2. The van der Waals surface area contributed by atoms with Gasteiger partial charge in [0, 0.05) is 35.7 Å². The lowest BCUT2D eigenvalue weighted by Crippen LogP contribution is -2.25. The predicted octanol–water partition coefficient (Wildman–Crippen LogP) is 4.15.